The highest BCUT2D eigenvalue weighted by molar-refractivity contribution is 5.76. The Morgan fingerprint density at radius 2 is 2.44 bits per heavy atom. The second-order valence-corrected chi connectivity index (χ2v) is 4.78. The van der Waals surface area contributed by atoms with Crippen molar-refractivity contribution in [3.05, 3.63) is 11.7 Å². The lowest BCUT2D eigenvalue weighted by atomic mass is 10.2. The van der Waals surface area contributed by atoms with E-state index in [0.29, 0.717) is 30.6 Å². The highest BCUT2D eigenvalue weighted by atomic mass is 16.5. The number of carbonyl (C=O) groups is 1. The molecule has 0 unspecified atom stereocenters. The predicted octanol–water partition coefficient (Wildman–Crippen LogP) is 0.521. The zero-order valence-electron chi connectivity index (χ0n) is 11.0. The number of rotatable bonds is 4. The molecule has 18 heavy (non-hydrogen) atoms. The molecule has 1 atom stereocenters. The lowest BCUT2D eigenvalue weighted by Crippen LogP contribution is -2.51. The molecule has 6 heteroatoms. The third kappa shape index (κ3) is 3.53. The van der Waals surface area contributed by atoms with Gasteiger partial charge in [-0.1, -0.05) is 5.16 Å². The van der Waals surface area contributed by atoms with E-state index in [1.165, 1.54) is 0 Å². The van der Waals surface area contributed by atoms with Crippen LogP contribution in [0.25, 0.3) is 0 Å². The van der Waals surface area contributed by atoms with Crippen LogP contribution in [0.1, 0.15) is 31.5 Å². The lowest BCUT2D eigenvalue weighted by molar-refractivity contribution is -0.132. The van der Waals surface area contributed by atoms with Crippen LogP contribution in [-0.2, 0) is 11.2 Å². The van der Waals surface area contributed by atoms with E-state index < -0.39 is 0 Å². The highest BCUT2D eigenvalue weighted by Gasteiger charge is 2.19. The summed E-state index contributed by atoms with van der Waals surface area (Å²) in [5.74, 6) is 1.49. The Hall–Kier alpha value is -1.43. The molecule has 2 rings (SSSR count). The second-order valence-electron chi connectivity index (χ2n) is 4.78. The average molecular weight is 252 g/mol. The van der Waals surface area contributed by atoms with Crippen molar-refractivity contribution in [3.8, 4) is 0 Å². The van der Waals surface area contributed by atoms with Crippen LogP contribution in [-0.4, -0.2) is 46.6 Å². The fraction of sp³-hybridized carbons (Fsp3) is 0.750. The lowest BCUT2D eigenvalue weighted by Gasteiger charge is -2.31. The molecule has 100 valence electrons. The molecule has 1 amide bonds. The van der Waals surface area contributed by atoms with Gasteiger partial charge in [0.1, 0.15) is 0 Å². The Kier molecular flexibility index (Phi) is 4.30. The zero-order valence-corrected chi connectivity index (χ0v) is 11.0. The standard InChI is InChI=1S/C12H20N4O2/c1-9-8-16(7-6-13-9)12(17)5-3-4-11-14-10(2)15-18-11/h9,13H,3-8H2,1-2H3/t9-/m1/s1. The van der Waals surface area contributed by atoms with Crippen molar-refractivity contribution in [2.75, 3.05) is 19.6 Å². The predicted molar refractivity (Wildman–Crippen MR) is 66.0 cm³/mol. The molecule has 1 aliphatic heterocycles. The maximum Gasteiger partial charge on any atom is 0.226 e. The normalized spacial score (nSPS) is 20.1. The van der Waals surface area contributed by atoms with Gasteiger partial charge in [-0.2, -0.15) is 4.98 Å². The van der Waals surface area contributed by atoms with Gasteiger partial charge in [0.05, 0.1) is 0 Å². The monoisotopic (exact) mass is 252 g/mol. The van der Waals surface area contributed by atoms with Gasteiger partial charge < -0.3 is 14.7 Å². The quantitative estimate of drug-likeness (QED) is 0.846. The molecule has 1 fully saturated rings. The van der Waals surface area contributed by atoms with Gasteiger partial charge >= 0.3 is 0 Å². The Morgan fingerprint density at radius 3 is 3.11 bits per heavy atom. The van der Waals surface area contributed by atoms with Crippen LogP contribution in [0.2, 0.25) is 0 Å². The molecule has 0 bridgehead atoms. The van der Waals surface area contributed by atoms with Gasteiger partial charge in [-0.3, -0.25) is 4.79 Å². The molecule has 0 aliphatic carbocycles. The molecule has 1 aromatic heterocycles. The van der Waals surface area contributed by atoms with Crippen LogP contribution >= 0.6 is 0 Å². The Labute approximate surface area is 107 Å². The molecular weight excluding hydrogens is 232 g/mol. The van der Waals surface area contributed by atoms with Crippen LogP contribution in [0.15, 0.2) is 4.52 Å². The van der Waals surface area contributed by atoms with Crippen LogP contribution < -0.4 is 5.32 Å². The van der Waals surface area contributed by atoms with Crippen molar-refractivity contribution < 1.29 is 9.32 Å². The third-order valence-corrected chi connectivity index (χ3v) is 3.07. The van der Waals surface area contributed by atoms with Gasteiger partial charge in [0.15, 0.2) is 5.82 Å². The van der Waals surface area contributed by atoms with E-state index in [1.807, 2.05) is 4.90 Å². The number of amides is 1. The number of nitrogens with one attached hydrogen (secondary N) is 1. The number of aromatic nitrogens is 2. The van der Waals surface area contributed by atoms with Gasteiger partial charge in [0.2, 0.25) is 11.8 Å². The minimum atomic E-state index is 0.222. The molecule has 0 saturated carbocycles. The first-order valence-corrected chi connectivity index (χ1v) is 6.45. The van der Waals surface area contributed by atoms with Crippen molar-refractivity contribution in [2.24, 2.45) is 0 Å². The number of aryl methyl sites for hydroxylation is 2. The van der Waals surface area contributed by atoms with Gasteiger partial charge in [0.25, 0.3) is 0 Å². The average Bonchev–Trinajstić information content (AvgIpc) is 2.75. The molecular formula is C12H20N4O2. The number of nitrogens with zero attached hydrogens (tertiary/aromatic N) is 3. The minimum Gasteiger partial charge on any atom is -0.340 e. The van der Waals surface area contributed by atoms with Crippen molar-refractivity contribution in [2.45, 2.75) is 39.2 Å². The number of carbonyl (C=O) groups excluding carboxylic acids is 1. The highest BCUT2D eigenvalue weighted by Crippen LogP contribution is 2.07. The zero-order chi connectivity index (χ0) is 13.0. The fourth-order valence-corrected chi connectivity index (χ4v) is 2.15. The topological polar surface area (TPSA) is 71.3 Å². The van der Waals surface area contributed by atoms with Crippen LogP contribution in [0.4, 0.5) is 0 Å². The van der Waals surface area contributed by atoms with E-state index in [9.17, 15) is 4.79 Å². The Balaban J connectivity index is 1.71. The first kappa shape index (κ1) is 13.0. The summed E-state index contributed by atoms with van der Waals surface area (Å²) in [6, 6.07) is 0.390. The summed E-state index contributed by atoms with van der Waals surface area (Å²) in [7, 11) is 0. The van der Waals surface area contributed by atoms with E-state index in [-0.39, 0.29) is 5.91 Å². The van der Waals surface area contributed by atoms with E-state index in [0.717, 1.165) is 26.1 Å². The molecule has 1 aliphatic rings. The van der Waals surface area contributed by atoms with Crippen LogP contribution in [0.5, 0.6) is 0 Å². The molecule has 1 aromatic rings. The molecule has 0 radical (unpaired) electrons. The molecule has 0 spiro atoms. The molecule has 0 aromatic carbocycles. The fourth-order valence-electron chi connectivity index (χ4n) is 2.15. The summed E-state index contributed by atoms with van der Waals surface area (Å²) in [6.45, 7) is 6.39. The van der Waals surface area contributed by atoms with E-state index in [1.54, 1.807) is 6.92 Å². The van der Waals surface area contributed by atoms with Crippen molar-refractivity contribution >= 4 is 5.91 Å². The van der Waals surface area contributed by atoms with Gasteiger partial charge in [-0.05, 0) is 20.3 Å². The molecule has 2 heterocycles. The summed E-state index contributed by atoms with van der Waals surface area (Å²) in [5, 5.41) is 7.05. The van der Waals surface area contributed by atoms with Gasteiger partial charge in [-0.15, -0.1) is 0 Å². The first-order valence-electron chi connectivity index (χ1n) is 6.45. The SMILES string of the molecule is Cc1noc(CCCC(=O)N2CCN[C@H](C)C2)n1. The van der Waals surface area contributed by atoms with Gasteiger partial charge in [0, 0.05) is 38.5 Å². The van der Waals surface area contributed by atoms with E-state index in [2.05, 4.69) is 22.4 Å². The first-order chi connectivity index (χ1) is 8.65. The second kappa shape index (κ2) is 5.95. The Bertz CT molecular complexity index is 405. The number of hydrogen-bond acceptors (Lipinski definition) is 5. The van der Waals surface area contributed by atoms with Crippen molar-refractivity contribution in [3.63, 3.8) is 0 Å². The van der Waals surface area contributed by atoms with Crippen molar-refractivity contribution in [1.29, 1.82) is 0 Å². The summed E-state index contributed by atoms with van der Waals surface area (Å²) in [6.07, 6.45) is 1.99. The summed E-state index contributed by atoms with van der Waals surface area (Å²) in [4.78, 5) is 18.0. The van der Waals surface area contributed by atoms with E-state index >= 15 is 0 Å². The minimum absolute atomic E-state index is 0.222. The molecule has 1 saturated heterocycles. The summed E-state index contributed by atoms with van der Waals surface area (Å²) < 4.78 is 5.01. The maximum absolute atomic E-state index is 12.0. The van der Waals surface area contributed by atoms with Crippen molar-refractivity contribution in [1.82, 2.24) is 20.4 Å². The van der Waals surface area contributed by atoms with Gasteiger partial charge in [-0.25, -0.2) is 0 Å². The molecule has 6 nitrogen and oxygen atoms in total. The Morgan fingerprint density at radius 1 is 1.61 bits per heavy atom. The largest absolute Gasteiger partial charge is 0.340 e. The van der Waals surface area contributed by atoms with Crippen LogP contribution in [0.3, 0.4) is 0 Å². The number of piperazine rings is 1. The maximum atomic E-state index is 12.0. The molecule has 1 N–H and O–H groups in total. The third-order valence-electron chi connectivity index (χ3n) is 3.07. The van der Waals surface area contributed by atoms with Crippen LogP contribution in [0, 0.1) is 6.92 Å². The summed E-state index contributed by atoms with van der Waals surface area (Å²) in [5.41, 5.74) is 0. The smallest absolute Gasteiger partial charge is 0.226 e. The summed E-state index contributed by atoms with van der Waals surface area (Å²) >= 11 is 0. The number of hydrogen-bond donors (Lipinski definition) is 1. The van der Waals surface area contributed by atoms with E-state index in [4.69, 9.17) is 4.52 Å².